The Morgan fingerprint density at radius 1 is 1.53 bits per heavy atom. The molecule has 2 atom stereocenters. The molecule has 1 N–H and O–H groups in total. The van der Waals surface area contributed by atoms with Crippen LogP contribution in [0.4, 0.5) is 0 Å². The van der Waals surface area contributed by atoms with Crippen molar-refractivity contribution in [1.82, 2.24) is 0 Å². The number of aliphatic hydroxyl groups excluding tert-OH is 1. The fourth-order valence-corrected chi connectivity index (χ4v) is 2.19. The molecule has 0 aromatic heterocycles. The van der Waals surface area contributed by atoms with Crippen molar-refractivity contribution in [3.8, 4) is 5.75 Å². The first-order valence-electron chi connectivity index (χ1n) is 6.32. The van der Waals surface area contributed by atoms with Crippen molar-refractivity contribution < 1.29 is 14.6 Å². The summed E-state index contributed by atoms with van der Waals surface area (Å²) in [6.07, 6.45) is 2.59. The molecule has 0 amide bonds. The molecule has 0 aliphatic carbocycles. The van der Waals surface area contributed by atoms with Crippen molar-refractivity contribution in [3.63, 3.8) is 0 Å². The first-order chi connectivity index (χ1) is 8.29. The lowest BCUT2D eigenvalue weighted by Crippen LogP contribution is -2.11. The van der Waals surface area contributed by atoms with Crippen LogP contribution in [0.1, 0.15) is 37.9 Å². The summed E-state index contributed by atoms with van der Waals surface area (Å²) in [6.45, 7) is 3.43. The van der Waals surface area contributed by atoms with Gasteiger partial charge < -0.3 is 14.6 Å². The van der Waals surface area contributed by atoms with Crippen LogP contribution in [0.2, 0.25) is 0 Å². The highest BCUT2D eigenvalue weighted by Crippen LogP contribution is 2.26. The summed E-state index contributed by atoms with van der Waals surface area (Å²) >= 11 is 0. The zero-order valence-electron chi connectivity index (χ0n) is 10.3. The molecular weight excluding hydrogens is 216 g/mol. The molecule has 1 aliphatic rings. The Morgan fingerprint density at radius 2 is 2.41 bits per heavy atom. The van der Waals surface area contributed by atoms with Crippen LogP contribution in [0, 0.1) is 0 Å². The van der Waals surface area contributed by atoms with Gasteiger partial charge in [-0.2, -0.15) is 0 Å². The van der Waals surface area contributed by atoms with Crippen molar-refractivity contribution in [2.45, 2.75) is 38.4 Å². The minimum absolute atomic E-state index is 0.209. The molecule has 3 nitrogen and oxygen atoms in total. The maximum atomic E-state index is 10.1. The van der Waals surface area contributed by atoms with Crippen LogP contribution in [0.15, 0.2) is 24.3 Å². The highest BCUT2D eigenvalue weighted by atomic mass is 16.5. The minimum atomic E-state index is -0.460. The van der Waals surface area contributed by atoms with Gasteiger partial charge in [-0.1, -0.05) is 12.1 Å². The van der Waals surface area contributed by atoms with Gasteiger partial charge in [-0.05, 0) is 37.5 Å². The standard InChI is InChI=1S/C14H20O3/c1-2-16-12-6-3-5-11(9-12)14(15)10-13-7-4-8-17-13/h3,5-6,9,13-15H,2,4,7-8,10H2,1H3. The maximum Gasteiger partial charge on any atom is 0.119 e. The first kappa shape index (κ1) is 12.4. The number of ether oxygens (including phenoxy) is 2. The normalized spacial score (nSPS) is 21.4. The van der Waals surface area contributed by atoms with Crippen LogP contribution < -0.4 is 4.74 Å². The van der Waals surface area contributed by atoms with Gasteiger partial charge in [0.1, 0.15) is 5.75 Å². The minimum Gasteiger partial charge on any atom is -0.494 e. The Labute approximate surface area is 102 Å². The lowest BCUT2D eigenvalue weighted by molar-refractivity contribution is 0.0534. The molecule has 1 heterocycles. The van der Waals surface area contributed by atoms with Crippen molar-refractivity contribution in [1.29, 1.82) is 0 Å². The zero-order valence-corrected chi connectivity index (χ0v) is 10.3. The van der Waals surface area contributed by atoms with Crippen LogP contribution >= 0.6 is 0 Å². The predicted octanol–water partition coefficient (Wildman–Crippen LogP) is 2.69. The topological polar surface area (TPSA) is 38.7 Å². The Hall–Kier alpha value is -1.06. The first-order valence-corrected chi connectivity index (χ1v) is 6.32. The Balaban J connectivity index is 1.97. The molecule has 94 valence electrons. The molecule has 2 unspecified atom stereocenters. The van der Waals surface area contributed by atoms with Crippen LogP contribution in [-0.4, -0.2) is 24.4 Å². The molecule has 0 radical (unpaired) electrons. The molecule has 0 spiro atoms. The van der Waals surface area contributed by atoms with Crippen molar-refractivity contribution in [2.75, 3.05) is 13.2 Å². The molecule has 1 aliphatic heterocycles. The largest absolute Gasteiger partial charge is 0.494 e. The molecule has 3 heteroatoms. The maximum absolute atomic E-state index is 10.1. The van der Waals surface area contributed by atoms with E-state index in [1.165, 1.54) is 0 Å². The van der Waals surface area contributed by atoms with E-state index in [-0.39, 0.29) is 6.10 Å². The molecule has 1 fully saturated rings. The third-order valence-electron chi connectivity index (χ3n) is 3.06. The van der Waals surface area contributed by atoms with E-state index < -0.39 is 6.10 Å². The third kappa shape index (κ3) is 3.45. The van der Waals surface area contributed by atoms with Crippen LogP contribution in [-0.2, 0) is 4.74 Å². The van der Waals surface area contributed by atoms with E-state index in [0.29, 0.717) is 13.0 Å². The van der Waals surface area contributed by atoms with Gasteiger partial charge in [0.05, 0.1) is 18.8 Å². The summed E-state index contributed by atoms with van der Waals surface area (Å²) in [5, 5.41) is 10.1. The molecule has 17 heavy (non-hydrogen) atoms. The van der Waals surface area contributed by atoms with Gasteiger partial charge in [0.15, 0.2) is 0 Å². The van der Waals surface area contributed by atoms with E-state index in [4.69, 9.17) is 9.47 Å². The molecule has 0 saturated carbocycles. The second-order valence-electron chi connectivity index (χ2n) is 4.39. The summed E-state index contributed by atoms with van der Waals surface area (Å²) < 4.78 is 11.0. The fraction of sp³-hybridized carbons (Fsp3) is 0.571. The summed E-state index contributed by atoms with van der Waals surface area (Å²) in [5.74, 6) is 0.816. The number of hydrogen-bond acceptors (Lipinski definition) is 3. The summed E-state index contributed by atoms with van der Waals surface area (Å²) in [6, 6.07) is 7.66. The number of hydrogen-bond donors (Lipinski definition) is 1. The van der Waals surface area contributed by atoms with E-state index in [0.717, 1.165) is 30.8 Å². The number of benzene rings is 1. The Morgan fingerprint density at radius 3 is 3.12 bits per heavy atom. The van der Waals surface area contributed by atoms with E-state index >= 15 is 0 Å². The number of aliphatic hydroxyl groups is 1. The highest BCUT2D eigenvalue weighted by Gasteiger charge is 2.20. The molecule has 2 rings (SSSR count). The van der Waals surface area contributed by atoms with Crippen LogP contribution in [0.25, 0.3) is 0 Å². The van der Waals surface area contributed by atoms with Crippen LogP contribution in [0.3, 0.4) is 0 Å². The van der Waals surface area contributed by atoms with Crippen LogP contribution in [0.5, 0.6) is 5.75 Å². The average Bonchev–Trinajstić information content (AvgIpc) is 2.83. The molecule has 1 saturated heterocycles. The monoisotopic (exact) mass is 236 g/mol. The molecule has 1 aromatic rings. The van der Waals surface area contributed by atoms with Gasteiger partial charge in [0.25, 0.3) is 0 Å². The van der Waals surface area contributed by atoms with Gasteiger partial charge in [-0.15, -0.1) is 0 Å². The number of rotatable bonds is 5. The Kier molecular flexibility index (Phi) is 4.40. The average molecular weight is 236 g/mol. The van der Waals surface area contributed by atoms with E-state index in [1.54, 1.807) is 0 Å². The second-order valence-corrected chi connectivity index (χ2v) is 4.39. The Bertz CT molecular complexity index is 345. The molecule has 1 aromatic carbocycles. The zero-order chi connectivity index (χ0) is 12.1. The molecule has 0 bridgehead atoms. The van der Waals surface area contributed by atoms with Gasteiger partial charge in [-0.3, -0.25) is 0 Å². The summed E-state index contributed by atoms with van der Waals surface area (Å²) in [7, 11) is 0. The fourth-order valence-electron chi connectivity index (χ4n) is 2.19. The highest BCUT2D eigenvalue weighted by molar-refractivity contribution is 5.29. The summed E-state index contributed by atoms with van der Waals surface area (Å²) in [5.41, 5.74) is 0.909. The second kappa shape index (κ2) is 6.03. The van der Waals surface area contributed by atoms with Crippen molar-refractivity contribution in [2.24, 2.45) is 0 Å². The van der Waals surface area contributed by atoms with Gasteiger partial charge >= 0.3 is 0 Å². The lowest BCUT2D eigenvalue weighted by atomic mass is 10.0. The molecular formula is C14H20O3. The SMILES string of the molecule is CCOc1cccc(C(O)CC2CCCO2)c1. The van der Waals surface area contributed by atoms with Gasteiger partial charge in [0.2, 0.25) is 0 Å². The van der Waals surface area contributed by atoms with E-state index in [1.807, 2.05) is 31.2 Å². The lowest BCUT2D eigenvalue weighted by Gasteiger charge is -2.16. The van der Waals surface area contributed by atoms with E-state index in [9.17, 15) is 5.11 Å². The third-order valence-corrected chi connectivity index (χ3v) is 3.06. The van der Waals surface area contributed by atoms with Crippen molar-refractivity contribution in [3.05, 3.63) is 29.8 Å². The van der Waals surface area contributed by atoms with E-state index in [2.05, 4.69) is 0 Å². The quantitative estimate of drug-likeness (QED) is 0.854. The van der Waals surface area contributed by atoms with Gasteiger partial charge in [0, 0.05) is 13.0 Å². The van der Waals surface area contributed by atoms with Gasteiger partial charge in [-0.25, -0.2) is 0 Å². The summed E-state index contributed by atoms with van der Waals surface area (Å²) in [4.78, 5) is 0. The smallest absolute Gasteiger partial charge is 0.119 e. The van der Waals surface area contributed by atoms with Crippen molar-refractivity contribution >= 4 is 0 Å². The predicted molar refractivity (Wildman–Crippen MR) is 66.2 cm³/mol.